The normalized spacial score (nSPS) is 11.9. The number of ether oxygens (including phenoxy) is 2. The molecule has 0 unspecified atom stereocenters. The van der Waals surface area contributed by atoms with E-state index in [0.29, 0.717) is 22.6 Å². The lowest BCUT2D eigenvalue weighted by Gasteiger charge is -2.18. The molecular formula is C23H22ClNO4. The highest BCUT2D eigenvalue weighted by molar-refractivity contribution is 6.08. The minimum atomic E-state index is -0.0997. The van der Waals surface area contributed by atoms with E-state index in [-0.39, 0.29) is 24.0 Å². The lowest BCUT2D eigenvalue weighted by atomic mass is 9.89. The van der Waals surface area contributed by atoms with Crippen molar-refractivity contribution in [1.82, 2.24) is 0 Å². The van der Waals surface area contributed by atoms with Crippen molar-refractivity contribution in [1.29, 1.82) is 0 Å². The number of rotatable bonds is 4. The van der Waals surface area contributed by atoms with Gasteiger partial charge in [-0.2, -0.15) is 4.57 Å². The van der Waals surface area contributed by atoms with Crippen molar-refractivity contribution in [2.24, 2.45) is 0 Å². The SMILES string of the molecule is COc1ccc2cc3[n+](cc2c1OC)CCc1cc(C(C)=O)c(C(C)=O)cc1-3.[Cl-]. The van der Waals surface area contributed by atoms with Gasteiger partial charge in [0.05, 0.1) is 25.2 Å². The Labute approximate surface area is 175 Å². The third-order valence-electron chi connectivity index (χ3n) is 5.40. The van der Waals surface area contributed by atoms with Crippen molar-refractivity contribution in [2.45, 2.75) is 26.8 Å². The molecule has 0 spiro atoms. The molecule has 0 N–H and O–H groups in total. The van der Waals surface area contributed by atoms with Crippen LogP contribution in [0, 0.1) is 0 Å². The van der Waals surface area contributed by atoms with Gasteiger partial charge in [0.1, 0.15) is 0 Å². The Bertz CT molecular complexity index is 1150. The summed E-state index contributed by atoms with van der Waals surface area (Å²) >= 11 is 0. The van der Waals surface area contributed by atoms with Gasteiger partial charge in [-0.25, -0.2) is 0 Å². The highest BCUT2D eigenvalue weighted by Gasteiger charge is 2.27. The van der Waals surface area contributed by atoms with E-state index < -0.39 is 0 Å². The summed E-state index contributed by atoms with van der Waals surface area (Å²) < 4.78 is 13.2. The molecule has 0 radical (unpaired) electrons. The number of fused-ring (bicyclic) bond motifs is 4. The molecule has 29 heavy (non-hydrogen) atoms. The van der Waals surface area contributed by atoms with Crippen molar-refractivity contribution in [3.05, 3.63) is 53.2 Å². The van der Waals surface area contributed by atoms with Crippen LogP contribution < -0.4 is 26.4 Å². The average molecular weight is 412 g/mol. The highest BCUT2D eigenvalue weighted by atomic mass is 35.5. The molecule has 5 nitrogen and oxygen atoms in total. The van der Waals surface area contributed by atoms with Gasteiger partial charge in [0.2, 0.25) is 5.69 Å². The Morgan fingerprint density at radius 2 is 1.66 bits per heavy atom. The van der Waals surface area contributed by atoms with Gasteiger partial charge in [-0.1, -0.05) is 0 Å². The minimum Gasteiger partial charge on any atom is -1.00 e. The molecule has 6 heteroatoms. The molecule has 1 aliphatic rings. The van der Waals surface area contributed by atoms with Gasteiger partial charge >= 0.3 is 0 Å². The molecule has 0 saturated carbocycles. The lowest BCUT2D eigenvalue weighted by molar-refractivity contribution is -0.686. The number of halogens is 1. The Hall–Kier alpha value is -2.92. The molecule has 4 rings (SSSR count). The summed E-state index contributed by atoms with van der Waals surface area (Å²) in [7, 11) is 3.26. The fourth-order valence-electron chi connectivity index (χ4n) is 4.01. The molecule has 150 valence electrons. The number of Topliss-reactive ketones (excluding diaryl/α,β-unsaturated/α-hetero) is 2. The van der Waals surface area contributed by atoms with Crippen LogP contribution in [-0.4, -0.2) is 25.8 Å². The second-order valence-electron chi connectivity index (χ2n) is 7.07. The summed E-state index contributed by atoms with van der Waals surface area (Å²) in [6.45, 7) is 3.80. The van der Waals surface area contributed by atoms with Crippen molar-refractivity contribution in [3.63, 3.8) is 0 Å². The molecular weight excluding hydrogens is 390 g/mol. The van der Waals surface area contributed by atoms with Gasteiger partial charge < -0.3 is 21.9 Å². The Morgan fingerprint density at radius 3 is 2.28 bits per heavy atom. The summed E-state index contributed by atoms with van der Waals surface area (Å²) in [5.41, 5.74) is 4.10. The van der Waals surface area contributed by atoms with Gasteiger partial charge in [-0.05, 0) is 49.1 Å². The first-order chi connectivity index (χ1) is 13.4. The number of carbonyl (C=O) groups is 2. The third-order valence-corrected chi connectivity index (χ3v) is 5.40. The molecule has 0 aliphatic carbocycles. The van der Waals surface area contributed by atoms with E-state index >= 15 is 0 Å². The highest BCUT2D eigenvalue weighted by Crippen LogP contribution is 2.37. The topological polar surface area (TPSA) is 56.5 Å². The predicted molar refractivity (Wildman–Crippen MR) is 106 cm³/mol. The average Bonchev–Trinajstić information content (AvgIpc) is 2.70. The molecule has 0 amide bonds. The van der Waals surface area contributed by atoms with E-state index in [0.717, 1.165) is 40.6 Å². The number of pyridine rings is 1. The van der Waals surface area contributed by atoms with Crippen molar-refractivity contribution >= 4 is 22.3 Å². The lowest BCUT2D eigenvalue weighted by Crippen LogP contribution is -3.00. The maximum Gasteiger partial charge on any atom is 0.213 e. The molecule has 0 bridgehead atoms. The summed E-state index contributed by atoms with van der Waals surface area (Å²) in [4.78, 5) is 24.2. The fourth-order valence-corrected chi connectivity index (χ4v) is 4.01. The van der Waals surface area contributed by atoms with Crippen LogP contribution >= 0.6 is 0 Å². The zero-order valence-corrected chi connectivity index (χ0v) is 17.6. The second kappa shape index (κ2) is 7.84. The first-order valence-corrected chi connectivity index (χ1v) is 9.22. The largest absolute Gasteiger partial charge is 1.00 e. The summed E-state index contributed by atoms with van der Waals surface area (Å²) in [6, 6.07) is 9.75. The maximum absolute atomic E-state index is 12.1. The standard InChI is InChI=1S/C23H22NO4.ClH/c1-13(25)17-9-16-7-8-24-12-20-15(5-6-22(27-3)23(20)28-4)10-21(24)19(16)11-18(17)14(2)26;/h5-6,9-12H,7-8H2,1-4H3;1H/q+1;/p-1. The van der Waals surface area contributed by atoms with Gasteiger partial charge in [-0.3, -0.25) is 9.59 Å². The van der Waals surface area contributed by atoms with Crippen LogP contribution in [-0.2, 0) is 13.0 Å². The van der Waals surface area contributed by atoms with Gasteiger partial charge in [0.15, 0.2) is 35.8 Å². The van der Waals surface area contributed by atoms with Crippen molar-refractivity contribution < 1.29 is 36.0 Å². The first-order valence-electron chi connectivity index (χ1n) is 9.22. The van der Waals surface area contributed by atoms with Crippen LogP contribution in [0.25, 0.3) is 22.0 Å². The minimum absolute atomic E-state index is 0. The molecule has 2 aromatic carbocycles. The van der Waals surface area contributed by atoms with E-state index in [9.17, 15) is 9.59 Å². The Morgan fingerprint density at radius 1 is 0.966 bits per heavy atom. The van der Waals surface area contributed by atoms with Crippen LogP contribution in [0.1, 0.15) is 40.1 Å². The number of ketones is 2. The van der Waals surface area contributed by atoms with E-state index in [1.54, 1.807) is 14.2 Å². The van der Waals surface area contributed by atoms with Crippen LogP contribution in [0.4, 0.5) is 0 Å². The van der Waals surface area contributed by atoms with Gasteiger partial charge in [0.25, 0.3) is 0 Å². The molecule has 1 aromatic heterocycles. The zero-order valence-electron chi connectivity index (χ0n) is 16.8. The molecule has 0 atom stereocenters. The molecule has 3 aromatic rings. The maximum atomic E-state index is 12.1. The predicted octanol–water partition coefficient (Wildman–Crippen LogP) is 0.777. The van der Waals surface area contributed by atoms with Gasteiger partial charge in [0, 0.05) is 23.6 Å². The number of hydrogen-bond acceptors (Lipinski definition) is 4. The van der Waals surface area contributed by atoms with Crippen molar-refractivity contribution in [3.8, 4) is 22.8 Å². The van der Waals surface area contributed by atoms with Crippen LogP contribution in [0.15, 0.2) is 36.5 Å². The number of methoxy groups -OCH3 is 2. The van der Waals surface area contributed by atoms with Crippen molar-refractivity contribution in [2.75, 3.05) is 14.2 Å². The van der Waals surface area contributed by atoms with Crippen LogP contribution in [0.5, 0.6) is 11.5 Å². The number of nitrogens with zero attached hydrogens (tertiary/aromatic N) is 1. The van der Waals surface area contributed by atoms with Crippen LogP contribution in [0.2, 0.25) is 0 Å². The number of aryl methyl sites for hydroxylation is 2. The Kier molecular flexibility index (Phi) is 5.62. The number of hydrogen-bond donors (Lipinski definition) is 0. The molecule has 2 heterocycles. The fraction of sp³-hybridized carbons (Fsp3) is 0.261. The molecule has 1 aliphatic heterocycles. The number of benzene rings is 2. The summed E-state index contributed by atoms with van der Waals surface area (Å²) in [5.74, 6) is 1.22. The quantitative estimate of drug-likeness (QED) is 0.470. The first kappa shape index (κ1) is 20.8. The molecule has 0 fully saturated rings. The molecule has 0 saturated heterocycles. The van der Waals surface area contributed by atoms with E-state index in [4.69, 9.17) is 9.47 Å². The summed E-state index contributed by atoms with van der Waals surface area (Å²) in [6.07, 6.45) is 2.87. The third kappa shape index (κ3) is 3.36. The van der Waals surface area contributed by atoms with E-state index in [1.165, 1.54) is 13.8 Å². The van der Waals surface area contributed by atoms with E-state index in [2.05, 4.69) is 16.8 Å². The second-order valence-corrected chi connectivity index (χ2v) is 7.07. The van der Waals surface area contributed by atoms with Crippen LogP contribution in [0.3, 0.4) is 0 Å². The van der Waals surface area contributed by atoms with Gasteiger partial charge in [-0.15, -0.1) is 0 Å². The monoisotopic (exact) mass is 411 g/mol. The van der Waals surface area contributed by atoms with E-state index in [1.807, 2.05) is 24.3 Å². The number of aromatic nitrogens is 1. The zero-order chi connectivity index (χ0) is 20.0. The Balaban J connectivity index is 0.00000240. The smallest absolute Gasteiger partial charge is 0.213 e. The number of carbonyl (C=O) groups excluding carboxylic acids is 2. The summed E-state index contributed by atoms with van der Waals surface area (Å²) in [5, 5.41) is 2.00.